The van der Waals surface area contributed by atoms with Gasteiger partial charge in [-0.2, -0.15) is 0 Å². The number of guanidine groups is 1. The number of hydrogen-bond donors (Lipinski definition) is 2. The lowest BCUT2D eigenvalue weighted by atomic mass is 9.95. The molecule has 1 atom stereocenters. The second-order valence-electron chi connectivity index (χ2n) is 8.80. The van der Waals surface area contributed by atoms with Crippen LogP contribution in [0.3, 0.4) is 0 Å². The molecule has 3 fully saturated rings. The van der Waals surface area contributed by atoms with E-state index in [0.29, 0.717) is 5.91 Å². The Morgan fingerprint density at radius 1 is 1.23 bits per heavy atom. The highest BCUT2D eigenvalue weighted by atomic mass is 127. The van der Waals surface area contributed by atoms with Gasteiger partial charge in [-0.3, -0.25) is 9.79 Å². The summed E-state index contributed by atoms with van der Waals surface area (Å²) in [4.78, 5) is 19.2. The molecule has 7 heteroatoms. The van der Waals surface area contributed by atoms with Gasteiger partial charge in [-0.05, 0) is 38.2 Å². The first-order chi connectivity index (χ1) is 14.1. The van der Waals surface area contributed by atoms with Crippen molar-refractivity contribution in [1.29, 1.82) is 0 Å². The van der Waals surface area contributed by atoms with E-state index in [2.05, 4.69) is 32.7 Å². The normalized spacial score (nSPS) is 23.1. The van der Waals surface area contributed by atoms with E-state index in [9.17, 15) is 4.79 Å². The number of methoxy groups -OCH3 is 1. The lowest BCUT2D eigenvalue weighted by Gasteiger charge is -2.23. The minimum absolute atomic E-state index is 0. The van der Waals surface area contributed by atoms with Crippen LogP contribution in [0.2, 0.25) is 0 Å². The van der Waals surface area contributed by atoms with Gasteiger partial charge in [0.2, 0.25) is 5.91 Å². The molecule has 6 nitrogen and oxygen atoms in total. The fourth-order valence-corrected chi connectivity index (χ4v) is 4.93. The number of likely N-dealkylation sites (tertiary alicyclic amines) is 1. The summed E-state index contributed by atoms with van der Waals surface area (Å²) in [6.07, 6.45) is 7.85. The zero-order chi connectivity index (χ0) is 20.3. The van der Waals surface area contributed by atoms with Crippen molar-refractivity contribution in [2.75, 3.05) is 33.8 Å². The summed E-state index contributed by atoms with van der Waals surface area (Å²) in [6, 6.07) is 8.59. The Balaban J connectivity index is 0.00000256. The molecule has 0 aromatic heterocycles. The van der Waals surface area contributed by atoms with E-state index in [0.717, 1.165) is 63.4 Å². The molecule has 3 aliphatic rings. The summed E-state index contributed by atoms with van der Waals surface area (Å²) in [6.45, 7) is 2.48. The number of nitrogens with one attached hydrogen (secondary N) is 2. The van der Waals surface area contributed by atoms with E-state index in [1.54, 1.807) is 7.11 Å². The zero-order valence-corrected chi connectivity index (χ0v) is 20.5. The minimum Gasteiger partial charge on any atom is -0.496 e. The minimum atomic E-state index is 0. The number of rotatable bonds is 6. The SMILES string of the molecule is CN=C(NCC1(c2ccccc2OC)CC1)NC1CCN(C(=O)C2CCCC2)C1.I. The van der Waals surface area contributed by atoms with Crippen LogP contribution in [-0.2, 0) is 10.2 Å². The first-order valence-electron chi connectivity index (χ1n) is 11.0. The molecule has 1 unspecified atom stereocenters. The van der Waals surface area contributed by atoms with Crippen LogP contribution in [0.5, 0.6) is 5.75 Å². The van der Waals surface area contributed by atoms with Gasteiger partial charge in [-0.1, -0.05) is 31.0 Å². The molecule has 1 aromatic rings. The Bertz CT molecular complexity index is 759. The Labute approximate surface area is 197 Å². The second kappa shape index (κ2) is 10.2. The Hall–Kier alpha value is -1.51. The monoisotopic (exact) mass is 526 g/mol. The molecule has 1 saturated heterocycles. The van der Waals surface area contributed by atoms with Crippen molar-refractivity contribution < 1.29 is 9.53 Å². The molecule has 1 aromatic carbocycles. The third-order valence-electron chi connectivity index (χ3n) is 6.89. The maximum atomic E-state index is 12.7. The number of amides is 1. The molecule has 1 heterocycles. The summed E-state index contributed by atoms with van der Waals surface area (Å²) in [5.41, 5.74) is 1.41. The maximum absolute atomic E-state index is 12.7. The molecule has 4 rings (SSSR count). The van der Waals surface area contributed by atoms with E-state index >= 15 is 0 Å². The van der Waals surface area contributed by atoms with Crippen LogP contribution in [0.15, 0.2) is 29.3 Å². The summed E-state index contributed by atoms with van der Waals surface area (Å²) in [5.74, 6) is 2.42. The van der Waals surface area contributed by atoms with Crippen molar-refractivity contribution in [1.82, 2.24) is 15.5 Å². The van der Waals surface area contributed by atoms with Gasteiger partial charge in [0.25, 0.3) is 0 Å². The number of aliphatic imine (C=N–C) groups is 1. The Kier molecular flexibility index (Phi) is 7.87. The van der Waals surface area contributed by atoms with E-state index in [-0.39, 0.29) is 41.4 Å². The molecular formula is C23H35IN4O2. The number of hydrogen-bond acceptors (Lipinski definition) is 3. The third-order valence-corrected chi connectivity index (χ3v) is 6.89. The number of nitrogens with zero attached hydrogens (tertiary/aromatic N) is 2. The molecule has 0 spiro atoms. The van der Waals surface area contributed by atoms with E-state index in [1.807, 2.05) is 19.2 Å². The summed E-state index contributed by atoms with van der Waals surface area (Å²) >= 11 is 0. The van der Waals surface area contributed by atoms with Crippen LogP contribution in [0, 0.1) is 5.92 Å². The maximum Gasteiger partial charge on any atom is 0.225 e. The van der Waals surface area contributed by atoms with Crippen LogP contribution < -0.4 is 15.4 Å². The average molecular weight is 526 g/mol. The van der Waals surface area contributed by atoms with Crippen LogP contribution in [0.4, 0.5) is 0 Å². The van der Waals surface area contributed by atoms with Gasteiger partial charge in [0.05, 0.1) is 7.11 Å². The zero-order valence-electron chi connectivity index (χ0n) is 18.2. The number of carbonyl (C=O) groups excluding carboxylic acids is 1. The van der Waals surface area contributed by atoms with Crippen LogP contribution >= 0.6 is 24.0 Å². The fourth-order valence-electron chi connectivity index (χ4n) is 4.93. The predicted octanol–water partition coefficient (Wildman–Crippen LogP) is 3.30. The highest BCUT2D eigenvalue weighted by Crippen LogP contribution is 2.50. The average Bonchev–Trinajstić information content (AvgIpc) is 3.14. The number of para-hydroxylation sites is 1. The lowest BCUT2D eigenvalue weighted by molar-refractivity contribution is -0.134. The second-order valence-corrected chi connectivity index (χ2v) is 8.80. The van der Waals surface area contributed by atoms with Crippen molar-refractivity contribution in [2.24, 2.45) is 10.9 Å². The van der Waals surface area contributed by atoms with E-state index < -0.39 is 0 Å². The Morgan fingerprint density at radius 3 is 2.63 bits per heavy atom. The van der Waals surface area contributed by atoms with Gasteiger partial charge in [-0.15, -0.1) is 24.0 Å². The molecule has 30 heavy (non-hydrogen) atoms. The molecule has 0 bridgehead atoms. The molecule has 0 radical (unpaired) electrons. The van der Waals surface area contributed by atoms with Gasteiger partial charge >= 0.3 is 0 Å². The van der Waals surface area contributed by atoms with Crippen molar-refractivity contribution >= 4 is 35.8 Å². The van der Waals surface area contributed by atoms with Crippen LogP contribution in [0.1, 0.15) is 50.5 Å². The molecular weight excluding hydrogens is 491 g/mol. The van der Waals surface area contributed by atoms with E-state index in [1.165, 1.54) is 18.4 Å². The number of benzene rings is 1. The van der Waals surface area contributed by atoms with Crippen molar-refractivity contribution in [3.05, 3.63) is 29.8 Å². The van der Waals surface area contributed by atoms with Crippen LogP contribution in [-0.4, -0.2) is 56.6 Å². The molecule has 2 N–H and O–H groups in total. The van der Waals surface area contributed by atoms with Crippen molar-refractivity contribution in [3.63, 3.8) is 0 Å². The molecule has 2 aliphatic carbocycles. The van der Waals surface area contributed by atoms with Crippen LogP contribution in [0.25, 0.3) is 0 Å². The summed E-state index contributed by atoms with van der Waals surface area (Å²) in [7, 11) is 3.55. The molecule has 1 aliphatic heterocycles. The Morgan fingerprint density at radius 2 is 1.97 bits per heavy atom. The topological polar surface area (TPSA) is 66.0 Å². The van der Waals surface area contributed by atoms with Gasteiger partial charge in [0, 0.05) is 49.6 Å². The lowest BCUT2D eigenvalue weighted by Crippen LogP contribution is -2.47. The summed E-state index contributed by atoms with van der Waals surface area (Å²) < 4.78 is 5.58. The highest BCUT2D eigenvalue weighted by molar-refractivity contribution is 14.0. The molecule has 166 valence electrons. The number of carbonyl (C=O) groups is 1. The molecule has 1 amide bonds. The van der Waals surface area contributed by atoms with Gasteiger partial charge in [0.15, 0.2) is 5.96 Å². The number of ether oxygens (including phenoxy) is 1. The molecule has 2 saturated carbocycles. The standard InChI is InChI=1S/C23H34N4O2.HI/c1-24-22(25-16-23(12-13-23)19-9-5-6-10-20(19)29-2)26-18-11-14-27(15-18)21(28)17-7-3-4-8-17;/h5-6,9-10,17-18H,3-4,7-8,11-16H2,1-2H3,(H2,24,25,26);1H. The first-order valence-corrected chi connectivity index (χ1v) is 11.0. The van der Waals surface area contributed by atoms with Gasteiger partial charge in [0.1, 0.15) is 5.75 Å². The smallest absolute Gasteiger partial charge is 0.225 e. The fraction of sp³-hybridized carbons (Fsp3) is 0.652. The first kappa shape index (κ1) is 23.2. The summed E-state index contributed by atoms with van der Waals surface area (Å²) in [5, 5.41) is 7.06. The largest absolute Gasteiger partial charge is 0.496 e. The van der Waals surface area contributed by atoms with Crippen molar-refractivity contribution in [3.8, 4) is 5.75 Å². The van der Waals surface area contributed by atoms with Crippen molar-refractivity contribution in [2.45, 2.75) is 56.4 Å². The third kappa shape index (κ3) is 5.03. The number of halogens is 1. The predicted molar refractivity (Wildman–Crippen MR) is 131 cm³/mol. The van der Waals surface area contributed by atoms with Gasteiger partial charge < -0.3 is 20.3 Å². The quantitative estimate of drug-likeness (QED) is 0.339. The van der Waals surface area contributed by atoms with Gasteiger partial charge in [-0.25, -0.2) is 0 Å². The van der Waals surface area contributed by atoms with E-state index in [4.69, 9.17) is 4.74 Å². The highest BCUT2D eigenvalue weighted by Gasteiger charge is 2.46.